The minimum atomic E-state index is 0.452. The molecule has 0 atom stereocenters. The summed E-state index contributed by atoms with van der Waals surface area (Å²) in [5.74, 6) is 2.75. The number of methoxy groups -OCH3 is 1. The highest BCUT2D eigenvalue weighted by Gasteiger charge is 2.17. The van der Waals surface area contributed by atoms with Gasteiger partial charge in [-0.2, -0.15) is 5.26 Å². The van der Waals surface area contributed by atoms with Crippen LogP contribution in [0.25, 0.3) is 22.2 Å². The summed E-state index contributed by atoms with van der Waals surface area (Å²) in [5, 5.41) is 15.3. The van der Waals surface area contributed by atoms with Crippen molar-refractivity contribution < 1.29 is 4.74 Å². The normalized spacial score (nSPS) is 11.0. The SMILES string of the molecule is COc1ccc(-c2nc(SCC(C)C)nc(NCCc3c[nH]c4ccccc34)c2C#N)cc1. The smallest absolute Gasteiger partial charge is 0.190 e. The van der Waals surface area contributed by atoms with E-state index in [2.05, 4.69) is 42.4 Å². The molecule has 168 valence electrons. The van der Waals surface area contributed by atoms with Crippen LogP contribution in [0.5, 0.6) is 5.75 Å². The van der Waals surface area contributed by atoms with E-state index in [4.69, 9.17) is 14.7 Å². The van der Waals surface area contributed by atoms with Crippen LogP contribution in [-0.2, 0) is 6.42 Å². The van der Waals surface area contributed by atoms with Crippen LogP contribution < -0.4 is 10.1 Å². The summed E-state index contributed by atoms with van der Waals surface area (Å²) < 4.78 is 5.28. The molecule has 0 saturated carbocycles. The lowest BCUT2D eigenvalue weighted by atomic mass is 10.1. The molecule has 0 bridgehead atoms. The number of fused-ring (bicyclic) bond motifs is 1. The predicted molar refractivity (Wildman–Crippen MR) is 135 cm³/mol. The Hall–Kier alpha value is -3.50. The zero-order valence-electron chi connectivity index (χ0n) is 19.1. The van der Waals surface area contributed by atoms with E-state index in [1.54, 1.807) is 18.9 Å². The lowest BCUT2D eigenvalue weighted by Gasteiger charge is -2.13. The number of benzene rings is 2. The maximum absolute atomic E-state index is 9.99. The molecule has 0 fully saturated rings. The number of anilines is 1. The van der Waals surface area contributed by atoms with E-state index in [0.29, 0.717) is 34.7 Å². The fraction of sp³-hybridized carbons (Fsp3) is 0.269. The van der Waals surface area contributed by atoms with Gasteiger partial charge in [-0.1, -0.05) is 43.8 Å². The second-order valence-electron chi connectivity index (χ2n) is 8.16. The number of nitrogens with one attached hydrogen (secondary N) is 2. The van der Waals surface area contributed by atoms with Crippen molar-refractivity contribution in [3.8, 4) is 23.1 Å². The average molecular weight is 458 g/mol. The summed E-state index contributed by atoms with van der Waals surface area (Å²) in [5.41, 5.74) is 4.31. The third kappa shape index (κ3) is 5.29. The molecule has 7 heteroatoms. The van der Waals surface area contributed by atoms with Gasteiger partial charge in [-0.05, 0) is 48.2 Å². The van der Waals surface area contributed by atoms with E-state index in [1.165, 1.54) is 10.9 Å². The molecular weight excluding hydrogens is 430 g/mol. The zero-order valence-corrected chi connectivity index (χ0v) is 19.9. The Labute approximate surface area is 198 Å². The molecular formula is C26H27N5OS. The van der Waals surface area contributed by atoms with Crippen LogP contribution in [-0.4, -0.2) is 34.4 Å². The first kappa shape index (κ1) is 22.7. The van der Waals surface area contributed by atoms with Crippen LogP contribution in [0.3, 0.4) is 0 Å². The molecule has 0 aliphatic rings. The van der Waals surface area contributed by atoms with Crippen molar-refractivity contribution in [1.82, 2.24) is 15.0 Å². The van der Waals surface area contributed by atoms with Crippen molar-refractivity contribution in [1.29, 1.82) is 5.26 Å². The summed E-state index contributed by atoms with van der Waals surface area (Å²) in [6, 6.07) is 18.2. The van der Waals surface area contributed by atoms with Crippen LogP contribution in [0, 0.1) is 17.2 Å². The topological polar surface area (TPSA) is 86.6 Å². The highest BCUT2D eigenvalue weighted by molar-refractivity contribution is 7.99. The maximum atomic E-state index is 9.99. The lowest BCUT2D eigenvalue weighted by molar-refractivity contribution is 0.415. The van der Waals surface area contributed by atoms with E-state index in [0.717, 1.165) is 29.0 Å². The van der Waals surface area contributed by atoms with Gasteiger partial charge in [0, 0.05) is 35.0 Å². The number of hydrogen-bond acceptors (Lipinski definition) is 6. The minimum absolute atomic E-state index is 0.452. The number of para-hydroxylation sites is 1. The molecule has 0 unspecified atom stereocenters. The fourth-order valence-electron chi connectivity index (χ4n) is 3.59. The monoisotopic (exact) mass is 457 g/mol. The molecule has 0 radical (unpaired) electrons. The highest BCUT2D eigenvalue weighted by Crippen LogP contribution is 2.30. The van der Waals surface area contributed by atoms with Crippen molar-refractivity contribution in [3.05, 3.63) is 65.9 Å². The number of aromatic amines is 1. The molecule has 0 aliphatic heterocycles. The van der Waals surface area contributed by atoms with Crippen LogP contribution in [0.2, 0.25) is 0 Å². The first-order valence-corrected chi connectivity index (χ1v) is 12.0. The van der Waals surface area contributed by atoms with Gasteiger partial charge >= 0.3 is 0 Å². The number of hydrogen-bond donors (Lipinski definition) is 2. The van der Waals surface area contributed by atoms with Gasteiger partial charge < -0.3 is 15.0 Å². The van der Waals surface area contributed by atoms with Crippen molar-refractivity contribution in [2.75, 3.05) is 24.7 Å². The quantitative estimate of drug-likeness (QED) is 0.240. The lowest BCUT2D eigenvalue weighted by Crippen LogP contribution is -2.10. The first-order chi connectivity index (χ1) is 16.1. The predicted octanol–water partition coefficient (Wildman–Crippen LogP) is 5.91. The van der Waals surface area contributed by atoms with Crippen LogP contribution in [0.15, 0.2) is 59.9 Å². The molecule has 2 aromatic heterocycles. The summed E-state index contributed by atoms with van der Waals surface area (Å²) in [6.45, 7) is 4.99. The van der Waals surface area contributed by atoms with Gasteiger partial charge in [-0.25, -0.2) is 9.97 Å². The largest absolute Gasteiger partial charge is 0.497 e. The summed E-state index contributed by atoms with van der Waals surface area (Å²) in [6.07, 6.45) is 2.86. The van der Waals surface area contributed by atoms with E-state index in [-0.39, 0.29) is 0 Å². The zero-order chi connectivity index (χ0) is 23.2. The van der Waals surface area contributed by atoms with Crippen molar-refractivity contribution in [2.24, 2.45) is 5.92 Å². The number of nitriles is 1. The van der Waals surface area contributed by atoms with Crippen LogP contribution in [0.4, 0.5) is 5.82 Å². The van der Waals surface area contributed by atoms with E-state index >= 15 is 0 Å². The van der Waals surface area contributed by atoms with E-state index in [9.17, 15) is 5.26 Å². The van der Waals surface area contributed by atoms with Gasteiger partial charge in [0.25, 0.3) is 0 Å². The van der Waals surface area contributed by atoms with E-state index < -0.39 is 0 Å². The molecule has 33 heavy (non-hydrogen) atoms. The van der Waals surface area contributed by atoms with Gasteiger partial charge in [-0.15, -0.1) is 0 Å². The molecule has 4 rings (SSSR count). The Morgan fingerprint density at radius 1 is 1.12 bits per heavy atom. The third-order valence-electron chi connectivity index (χ3n) is 5.27. The molecule has 0 spiro atoms. The number of thioether (sulfide) groups is 1. The number of nitrogens with zero attached hydrogens (tertiary/aromatic N) is 3. The van der Waals surface area contributed by atoms with Crippen molar-refractivity contribution in [3.63, 3.8) is 0 Å². The van der Waals surface area contributed by atoms with E-state index in [1.807, 2.05) is 42.6 Å². The number of H-pyrrole nitrogens is 1. The number of aromatic nitrogens is 3. The summed E-state index contributed by atoms with van der Waals surface area (Å²) in [4.78, 5) is 12.8. The summed E-state index contributed by atoms with van der Waals surface area (Å²) >= 11 is 1.61. The first-order valence-electron chi connectivity index (χ1n) is 11.0. The molecule has 0 aliphatic carbocycles. The van der Waals surface area contributed by atoms with Crippen molar-refractivity contribution >= 4 is 28.5 Å². The number of ether oxygens (including phenoxy) is 1. The third-order valence-corrected chi connectivity index (χ3v) is 6.55. The molecule has 2 N–H and O–H groups in total. The highest BCUT2D eigenvalue weighted by atomic mass is 32.2. The van der Waals surface area contributed by atoms with Gasteiger partial charge in [0.15, 0.2) is 5.16 Å². The van der Waals surface area contributed by atoms with Crippen LogP contribution >= 0.6 is 11.8 Å². The Bertz CT molecular complexity index is 1270. The molecule has 6 nitrogen and oxygen atoms in total. The van der Waals surface area contributed by atoms with Crippen LogP contribution in [0.1, 0.15) is 25.0 Å². The molecule has 4 aromatic rings. The Kier molecular flexibility index (Phi) is 7.16. The Morgan fingerprint density at radius 2 is 1.91 bits per heavy atom. The van der Waals surface area contributed by atoms with Crippen molar-refractivity contribution in [2.45, 2.75) is 25.4 Å². The average Bonchev–Trinajstić information content (AvgIpc) is 3.25. The van der Waals surface area contributed by atoms with Gasteiger partial charge in [0.1, 0.15) is 23.2 Å². The number of rotatable bonds is 9. The molecule has 0 amide bonds. The van der Waals surface area contributed by atoms with Gasteiger partial charge in [-0.3, -0.25) is 0 Å². The second kappa shape index (κ2) is 10.4. The van der Waals surface area contributed by atoms with Gasteiger partial charge in [0.2, 0.25) is 0 Å². The Morgan fingerprint density at radius 3 is 2.64 bits per heavy atom. The molecule has 0 saturated heterocycles. The molecule has 2 aromatic carbocycles. The van der Waals surface area contributed by atoms with Gasteiger partial charge in [0.05, 0.1) is 12.8 Å². The minimum Gasteiger partial charge on any atom is -0.497 e. The standard InChI is InChI=1S/C26H27N5OS/c1-17(2)16-33-26-30-24(18-8-10-20(32-3)11-9-18)22(14-27)25(31-26)28-13-12-19-15-29-23-7-5-4-6-21(19)23/h4-11,15,17,29H,12-13,16H2,1-3H3,(H,28,30,31). The second-order valence-corrected chi connectivity index (χ2v) is 9.15. The molecule has 2 heterocycles. The maximum Gasteiger partial charge on any atom is 0.190 e. The summed E-state index contributed by atoms with van der Waals surface area (Å²) in [7, 11) is 1.64. The Balaban J connectivity index is 1.63. The fourth-order valence-corrected chi connectivity index (χ4v) is 4.39.